The van der Waals surface area contributed by atoms with Gasteiger partial charge in [-0.2, -0.15) is 4.31 Å². The van der Waals surface area contributed by atoms with Crippen molar-refractivity contribution in [1.29, 1.82) is 0 Å². The maximum absolute atomic E-state index is 13.0. The maximum atomic E-state index is 13.0. The lowest BCUT2D eigenvalue weighted by Gasteiger charge is -2.31. The summed E-state index contributed by atoms with van der Waals surface area (Å²) in [6.45, 7) is 8.01. The summed E-state index contributed by atoms with van der Waals surface area (Å²) >= 11 is 0. The quantitative estimate of drug-likeness (QED) is 0.855. The molecule has 1 aliphatic rings. The van der Waals surface area contributed by atoms with Crippen molar-refractivity contribution in [2.45, 2.75) is 25.7 Å². The first-order chi connectivity index (χ1) is 13.2. The second-order valence-corrected chi connectivity index (χ2v) is 9.39. The Morgan fingerprint density at radius 1 is 0.929 bits per heavy atom. The largest absolute Gasteiger partial charge is 0.322 e. The first-order valence-electron chi connectivity index (χ1n) is 9.36. The van der Waals surface area contributed by atoms with E-state index in [4.69, 9.17) is 0 Å². The van der Waals surface area contributed by atoms with Crippen molar-refractivity contribution in [2.24, 2.45) is 0 Å². The molecule has 1 fully saturated rings. The molecule has 0 spiro atoms. The molecule has 28 heavy (non-hydrogen) atoms. The van der Waals surface area contributed by atoms with Crippen molar-refractivity contribution in [3.63, 3.8) is 0 Å². The summed E-state index contributed by atoms with van der Waals surface area (Å²) in [6, 6.07) is 10.6. The van der Waals surface area contributed by atoms with Gasteiger partial charge in [-0.3, -0.25) is 4.79 Å². The van der Waals surface area contributed by atoms with Gasteiger partial charge in [0.05, 0.1) is 4.90 Å². The van der Waals surface area contributed by atoms with Crippen LogP contribution in [-0.4, -0.2) is 56.8 Å². The summed E-state index contributed by atoms with van der Waals surface area (Å²) in [7, 11) is -1.64. The average molecular weight is 402 g/mol. The van der Waals surface area contributed by atoms with Crippen LogP contribution in [0.2, 0.25) is 0 Å². The molecule has 2 aromatic carbocycles. The number of nitrogens with zero attached hydrogens (tertiary/aromatic N) is 2. The number of amides is 1. The van der Waals surface area contributed by atoms with E-state index in [1.807, 2.05) is 46.0 Å². The van der Waals surface area contributed by atoms with Crippen LogP contribution < -0.4 is 5.32 Å². The van der Waals surface area contributed by atoms with E-state index in [1.54, 1.807) is 12.1 Å². The average Bonchev–Trinajstić information content (AvgIpc) is 2.65. The number of nitrogens with one attached hydrogen (secondary N) is 1. The van der Waals surface area contributed by atoms with Crippen LogP contribution >= 0.6 is 0 Å². The van der Waals surface area contributed by atoms with Gasteiger partial charge >= 0.3 is 0 Å². The molecule has 0 bridgehead atoms. The summed E-state index contributed by atoms with van der Waals surface area (Å²) in [5, 5.41) is 2.92. The second-order valence-electron chi connectivity index (χ2n) is 7.46. The molecule has 3 rings (SSSR count). The number of piperazine rings is 1. The Hall–Kier alpha value is -2.22. The third kappa shape index (κ3) is 4.27. The van der Waals surface area contributed by atoms with Gasteiger partial charge in [0.25, 0.3) is 5.91 Å². The van der Waals surface area contributed by atoms with E-state index in [2.05, 4.69) is 10.2 Å². The number of hydrogen-bond donors (Lipinski definition) is 1. The van der Waals surface area contributed by atoms with Crippen molar-refractivity contribution in [1.82, 2.24) is 9.21 Å². The van der Waals surface area contributed by atoms with E-state index in [1.165, 1.54) is 10.4 Å². The number of benzene rings is 2. The van der Waals surface area contributed by atoms with E-state index < -0.39 is 10.0 Å². The van der Waals surface area contributed by atoms with E-state index in [-0.39, 0.29) is 10.8 Å². The second kappa shape index (κ2) is 8.03. The van der Waals surface area contributed by atoms with E-state index in [0.717, 1.165) is 22.4 Å². The highest BCUT2D eigenvalue weighted by Crippen LogP contribution is 2.23. The van der Waals surface area contributed by atoms with Gasteiger partial charge in [-0.05, 0) is 62.7 Å². The molecular weight excluding hydrogens is 374 g/mol. The fourth-order valence-corrected chi connectivity index (χ4v) is 4.69. The van der Waals surface area contributed by atoms with Crippen LogP contribution in [0.1, 0.15) is 27.0 Å². The van der Waals surface area contributed by atoms with Crippen molar-refractivity contribution in [3.8, 4) is 0 Å². The Morgan fingerprint density at radius 3 is 2.25 bits per heavy atom. The number of rotatable bonds is 4. The number of anilines is 1. The van der Waals surface area contributed by atoms with Gasteiger partial charge in [0, 0.05) is 37.4 Å². The Bertz CT molecular complexity index is 994. The predicted octanol–water partition coefficient (Wildman–Crippen LogP) is 2.80. The number of sulfonamides is 1. The minimum Gasteiger partial charge on any atom is -0.322 e. The molecule has 2 aromatic rings. The van der Waals surface area contributed by atoms with Crippen molar-refractivity contribution >= 4 is 21.6 Å². The Morgan fingerprint density at radius 2 is 1.57 bits per heavy atom. The van der Waals surface area contributed by atoms with Gasteiger partial charge in [-0.15, -0.1) is 0 Å². The van der Waals surface area contributed by atoms with E-state index >= 15 is 0 Å². The summed E-state index contributed by atoms with van der Waals surface area (Å²) in [6.07, 6.45) is 0. The molecule has 1 heterocycles. The van der Waals surface area contributed by atoms with Gasteiger partial charge < -0.3 is 10.2 Å². The minimum absolute atomic E-state index is 0.161. The molecule has 7 heteroatoms. The molecule has 1 saturated heterocycles. The van der Waals surface area contributed by atoms with E-state index in [9.17, 15) is 13.2 Å². The lowest BCUT2D eigenvalue weighted by molar-refractivity contribution is 0.102. The maximum Gasteiger partial charge on any atom is 0.255 e. The van der Waals surface area contributed by atoms with Gasteiger partial charge in [-0.25, -0.2) is 8.42 Å². The summed E-state index contributed by atoms with van der Waals surface area (Å²) < 4.78 is 27.5. The predicted molar refractivity (Wildman–Crippen MR) is 111 cm³/mol. The lowest BCUT2D eigenvalue weighted by Crippen LogP contribution is -2.47. The molecule has 6 nitrogen and oxygen atoms in total. The molecule has 150 valence electrons. The molecule has 1 N–H and O–H groups in total. The SMILES string of the molecule is Cc1ccc(C)c(NC(=O)c2cc(S(=O)(=O)N3CCN(C)CC3)ccc2C)c1. The zero-order chi connectivity index (χ0) is 20.5. The zero-order valence-electron chi connectivity index (χ0n) is 16.8. The van der Waals surface area contributed by atoms with Crippen molar-refractivity contribution in [2.75, 3.05) is 38.5 Å². The van der Waals surface area contributed by atoms with Crippen LogP contribution in [0.15, 0.2) is 41.3 Å². The number of carbonyl (C=O) groups excluding carboxylic acids is 1. The van der Waals surface area contributed by atoms with Crippen molar-refractivity contribution in [3.05, 3.63) is 58.7 Å². The summed E-state index contributed by atoms with van der Waals surface area (Å²) in [5.41, 5.74) is 3.84. The molecule has 0 unspecified atom stereocenters. The Balaban J connectivity index is 1.89. The fourth-order valence-electron chi connectivity index (χ4n) is 3.24. The standard InChI is InChI=1S/C21H27N3O3S/c1-15-5-6-17(3)20(13-15)22-21(25)19-14-18(8-7-16(19)2)28(26,27)24-11-9-23(4)10-12-24/h5-8,13-14H,9-12H2,1-4H3,(H,22,25). The lowest BCUT2D eigenvalue weighted by atomic mass is 10.1. The Labute approximate surface area is 167 Å². The smallest absolute Gasteiger partial charge is 0.255 e. The normalized spacial score (nSPS) is 16.1. The van der Waals surface area contributed by atoms with Gasteiger partial charge in [0.15, 0.2) is 0 Å². The van der Waals surface area contributed by atoms with Gasteiger partial charge in [0.1, 0.15) is 0 Å². The minimum atomic E-state index is -3.62. The van der Waals surface area contributed by atoms with Crippen LogP contribution in [-0.2, 0) is 10.0 Å². The monoisotopic (exact) mass is 401 g/mol. The molecule has 1 amide bonds. The topological polar surface area (TPSA) is 69.7 Å². The first-order valence-corrected chi connectivity index (χ1v) is 10.8. The number of carbonyl (C=O) groups is 1. The van der Waals surface area contributed by atoms with Crippen LogP contribution in [0.5, 0.6) is 0 Å². The number of hydrogen-bond acceptors (Lipinski definition) is 4. The fraction of sp³-hybridized carbons (Fsp3) is 0.381. The molecule has 0 aliphatic carbocycles. The highest BCUT2D eigenvalue weighted by molar-refractivity contribution is 7.89. The van der Waals surface area contributed by atoms with Gasteiger partial charge in [-0.1, -0.05) is 18.2 Å². The molecule has 0 radical (unpaired) electrons. The van der Waals surface area contributed by atoms with E-state index in [0.29, 0.717) is 31.7 Å². The third-order valence-corrected chi connectivity index (χ3v) is 7.09. The van der Waals surface area contributed by atoms with Crippen LogP contribution in [0.3, 0.4) is 0 Å². The zero-order valence-corrected chi connectivity index (χ0v) is 17.6. The third-order valence-electron chi connectivity index (χ3n) is 5.19. The summed E-state index contributed by atoms with van der Waals surface area (Å²) in [4.78, 5) is 15.1. The molecule has 0 aromatic heterocycles. The number of aryl methyl sites for hydroxylation is 3. The highest BCUT2D eigenvalue weighted by Gasteiger charge is 2.28. The molecule has 0 atom stereocenters. The van der Waals surface area contributed by atoms with Crippen molar-refractivity contribution < 1.29 is 13.2 Å². The van der Waals surface area contributed by atoms with Crippen LogP contribution in [0, 0.1) is 20.8 Å². The number of likely N-dealkylation sites (N-methyl/N-ethyl adjacent to an activating group) is 1. The molecule has 0 saturated carbocycles. The molecular formula is C21H27N3O3S. The Kier molecular flexibility index (Phi) is 5.88. The molecule has 1 aliphatic heterocycles. The van der Waals surface area contributed by atoms with Crippen LogP contribution in [0.4, 0.5) is 5.69 Å². The van der Waals surface area contributed by atoms with Gasteiger partial charge in [0.2, 0.25) is 10.0 Å². The van der Waals surface area contributed by atoms with Crippen LogP contribution in [0.25, 0.3) is 0 Å². The first kappa shape index (κ1) is 20.5. The highest BCUT2D eigenvalue weighted by atomic mass is 32.2. The summed E-state index contributed by atoms with van der Waals surface area (Å²) in [5.74, 6) is -0.304.